The average molecular weight is 461 g/mol. The highest BCUT2D eigenvalue weighted by molar-refractivity contribution is 5.97. The quantitative estimate of drug-likeness (QED) is 0.597. The van der Waals surface area contributed by atoms with Crippen molar-refractivity contribution in [1.29, 1.82) is 0 Å². The zero-order valence-electron chi connectivity index (χ0n) is 19.1. The van der Waals surface area contributed by atoms with Crippen LogP contribution in [0, 0.1) is 0 Å². The molecule has 0 bridgehead atoms. The smallest absolute Gasteiger partial charge is 0.242 e. The van der Waals surface area contributed by atoms with Crippen LogP contribution in [0.2, 0.25) is 0 Å². The van der Waals surface area contributed by atoms with E-state index in [4.69, 9.17) is 14.5 Å². The van der Waals surface area contributed by atoms with Crippen molar-refractivity contribution in [2.45, 2.75) is 38.1 Å². The molecule has 1 aromatic heterocycles. The average Bonchev–Trinajstić information content (AvgIpc) is 3.44. The molecule has 0 saturated carbocycles. The zero-order chi connectivity index (χ0) is 23.1. The third-order valence-corrected chi connectivity index (χ3v) is 7.01. The third kappa shape index (κ3) is 3.77. The minimum absolute atomic E-state index is 0.0441. The number of ether oxygens (including phenoxy) is 2. The van der Waals surface area contributed by atoms with Gasteiger partial charge in [0.1, 0.15) is 25.6 Å². The minimum atomic E-state index is -0.0951. The van der Waals surface area contributed by atoms with Crippen LogP contribution in [0.15, 0.2) is 42.5 Å². The summed E-state index contributed by atoms with van der Waals surface area (Å²) in [6.07, 6.45) is 3.66. The van der Waals surface area contributed by atoms with E-state index in [1.165, 1.54) is 6.42 Å². The van der Waals surface area contributed by atoms with E-state index in [-0.39, 0.29) is 24.3 Å². The Morgan fingerprint density at radius 2 is 1.79 bits per heavy atom. The van der Waals surface area contributed by atoms with Crippen LogP contribution < -0.4 is 14.4 Å². The molecule has 2 fully saturated rings. The van der Waals surface area contributed by atoms with Gasteiger partial charge in [-0.3, -0.25) is 9.59 Å². The molecule has 6 rings (SSSR count). The topological polar surface area (TPSA) is 76.9 Å². The van der Waals surface area contributed by atoms with E-state index in [1.807, 2.05) is 51.9 Å². The van der Waals surface area contributed by atoms with Crippen LogP contribution in [0.3, 0.4) is 0 Å². The predicted molar refractivity (Wildman–Crippen MR) is 127 cm³/mol. The first-order valence-electron chi connectivity index (χ1n) is 12.1. The Hall–Kier alpha value is -3.55. The van der Waals surface area contributed by atoms with E-state index in [1.54, 1.807) is 4.90 Å². The molecule has 1 atom stereocenters. The second-order valence-electron chi connectivity index (χ2n) is 9.22. The number of amides is 2. The molecule has 0 aliphatic carbocycles. The van der Waals surface area contributed by atoms with Gasteiger partial charge in [0.25, 0.3) is 0 Å². The third-order valence-electron chi connectivity index (χ3n) is 7.01. The van der Waals surface area contributed by atoms with E-state index >= 15 is 0 Å². The summed E-state index contributed by atoms with van der Waals surface area (Å²) in [5.74, 6) is 2.25. The van der Waals surface area contributed by atoms with Gasteiger partial charge in [-0.1, -0.05) is 12.1 Å². The van der Waals surface area contributed by atoms with Crippen LogP contribution in [-0.4, -0.2) is 59.1 Å². The van der Waals surface area contributed by atoms with E-state index < -0.39 is 0 Å². The van der Waals surface area contributed by atoms with Gasteiger partial charge in [0.05, 0.1) is 11.0 Å². The van der Waals surface area contributed by atoms with Crippen molar-refractivity contribution in [2.24, 2.45) is 0 Å². The first kappa shape index (κ1) is 21.0. The number of anilines is 1. The molecule has 2 aromatic carbocycles. The molecule has 0 radical (unpaired) electrons. The summed E-state index contributed by atoms with van der Waals surface area (Å²) in [5, 5.41) is 0. The van der Waals surface area contributed by atoms with Crippen molar-refractivity contribution in [3.63, 3.8) is 0 Å². The van der Waals surface area contributed by atoms with Gasteiger partial charge in [-0.25, -0.2) is 4.98 Å². The number of hydrogen-bond acceptors (Lipinski definition) is 5. The molecule has 3 aliphatic rings. The van der Waals surface area contributed by atoms with Crippen molar-refractivity contribution in [2.75, 3.05) is 37.7 Å². The predicted octanol–water partition coefficient (Wildman–Crippen LogP) is 3.34. The summed E-state index contributed by atoms with van der Waals surface area (Å²) in [6, 6.07) is 13.5. The molecule has 0 spiro atoms. The number of carbonyl (C=O) groups excluding carboxylic acids is 2. The molecular weight excluding hydrogens is 432 g/mol. The fourth-order valence-electron chi connectivity index (χ4n) is 5.28. The number of fused-ring (bicyclic) bond motifs is 2. The van der Waals surface area contributed by atoms with Crippen LogP contribution in [0.1, 0.15) is 37.4 Å². The van der Waals surface area contributed by atoms with E-state index in [9.17, 15) is 9.59 Å². The van der Waals surface area contributed by atoms with Crippen LogP contribution >= 0.6 is 0 Å². The van der Waals surface area contributed by atoms with Crippen molar-refractivity contribution in [1.82, 2.24) is 14.5 Å². The second kappa shape index (κ2) is 8.66. The van der Waals surface area contributed by atoms with Crippen LogP contribution in [0.5, 0.6) is 11.5 Å². The molecule has 3 aromatic rings. The molecule has 34 heavy (non-hydrogen) atoms. The molecule has 3 aliphatic heterocycles. The molecule has 8 nitrogen and oxygen atoms in total. The second-order valence-corrected chi connectivity index (χ2v) is 9.22. The first-order valence-corrected chi connectivity index (χ1v) is 12.1. The lowest BCUT2D eigenvalue weighted by atomic mass is 10.1. The van der Waals surface area contributed by atoms with Crippen molar-refractivity contribution >= 4 is 28.5 Å². The van der Waals surface area contributed by atoms with Crippen molar-refractivity contribution < 1.29 is 19.1 Å². The maximum Gasteiger partial charge on any atom is 0.242 e. The molecular formula is C26H28N4O4. The zero-order valence-corrected chi connectivity index (χ0v) is 19.1. The fourth-order valence-corrected chi connectivity index (χ4v) is 5.28. The number of aromatic nitrogens is 2. The highest BCUT2D eigenvalue weighted by Gasteiger charge is 2.36. The number of carbonyl (C=O) groups is 2. The Morgan fingerprint density at radius 3 is 2.65 bits per heavy atom. The summed E-state index contributed by atoms with van der Waals surface area (Å²) in [7, 11) is 0. The maximum absolute atomic E-state index is 13.1. The number of piperidine rings is 1. The van der Waals surface area contributed by atoms with Gasteiger partial charge in [-0.2, -0.15) is 0 Å². The molecule has 0 N–H and O–H groups in total. The molecule has 4 heterocycles. The summed E-state index contributed by atoms with van der Waals surface area (Å²) >= 11 is 0. The van der Waals surface area contributed by atoms with Crippen molar-refractivity contribution in [3.8, 4) is 11.5 Å². The van der Waals surface area contributed by atoms with Crippen LogP contribution in [-0.2, 0) is 16.1 Å². The van der Waals surface area contributed by atoms with E-state index in [0.29, 0.717) is 37.7 Å². The van der Waals surface area contributed by atoms with Crippen LogP contribution in [0.25, 0.3) is 11.0 Å². The number of benzene rings is 2. The Balaban J connectivity index is 1.29. The lowest BCUT2D eigenvalue weighted by Crippen LogP contribution is -2.38. The lowest BCUT2D eigenvalue weighted by Gasteiger charge is -2.27. The summed E-state index contributed by atoms with van der Waals surface area (Å²) in [4.78, 5) is 34.8. The van der Waals surface area contributed by atoms with Gasteiger partial charge in [0, 0.05) is 43.7 Å². The van der Waals surface area contributed by atoms with Gasteiger partial charge >= 0.3 is 0 Å². The molecule has 176 valence electrons. The monoisotopic (exact) mass is 460 g/mol. The Labute approximate surface area is 198 Å². The number of nitrogens with zero attached hydrogens (tertiary/aromatic N) is 4. The number of para-hydroxylation sites is 2. The lowest BCUT2D eigenvalue weighted by molar-refractivity contribution is -0.132. The number of hydrogen-bond donors (Lipinski definition) is 0. The van der Waals surface area contributed by atoms with Gasteiger partial charge in [0.15, 0.2) is 11.5 Å². The minimum Gasteiger partial charge on any atom is -0.486 e. The Kier molecular flexibility index (Phi) is 5.36. The Bertz CT molecular complexity index is 1250. The highest BCUT2D eigenvalue weighted by atomic mass is 16.6. The van der Waals surface area contributed by atoms with E-state index in [2.05, 4.69) is 0 Å². The normalized spacial score (nSPS) is 20.2. The SMILES string of the molecule is O=C(Cn1c(C2CC(=O)N(c3ccc4c(c3)OCCO4)C2)nc2ccccc21)N1CCCCC1. The first-order chi connectivity index (χ1) is 16.7. The number of rotatable bonds is 4. The van der Waals surface area contributed by atoms with E-state index in [0.717, 1.165) is 48.5 Å². The van der Waals surface area contributed by atoms with Gasteiger partial charge < -0.3 is 23.8 Å². The molecule has 2 amide bonds. The molecule has 1 unspecified atom stereocenters. The standard InChI is InChI=1S/C26H28N4O4/c31-24-14-18(16-29(24)19-8-9-22-23(15-19)34-13-12-33-22)26-27-20-6-2-3-7-21(20)30(26)17-25(32)28-10-4-1-5-11-28/h2-3,6-9,15,18H,1,4-5,10-14,16-17H2. The number of imidazole rings is 1. The Morgan fingerprint density at radius 1 is 1.00 bits per heavy atom. The van der Waals surface area contributed by atoms with Crippen molar-refractivity contribution in [3.05, 3.63) is 48.3 Å². The van der Waals surface area contributed by atoms with Crippen LogP contribution in [0.4, 0.5) is 5.69 Å². The molecule has 8 heteroatoms. The molecule has 2 saturated heterocycles. The fraction of sp³-hybridized carbons (Fsp3) is 0.423. The van der Waals surface area contributed by atoms with Gasteiger partial charge in [-0.15, -0.1) is 0 Å². The summed E-state index contributed by atoms with van der Waals surface area (Å²) < 4.78 is 13.4. The number of likely N-dealkylation sites (tertiary alicyclic amines) is 1. The summed E-state index contributed by atoms with van der Waals surface area (Å²) in [5.41, 5.74) is 2.59. The maximum atomic E-state index is 13.1. The summed E-state index contributed by atoms with van der Waals surface area (Å²) in [6.45, 7) is 3.44. The largest absolute Gasteiger partial charge is 0.486 e. The van der Waals surface area contributed by atoms with Gasteiger partial charge in [0.2, 0.25) is 11.8 Å². The highest BCUT2D eigenvalue weighted by Crippen LogP contribution is 2.38. The van der Waals surface area contributed by atoms with Gasteiger partial charge in [-0.05, 0) is 43.5 Å².